The number of aromatic nitrogens is 1. The summed E-state index contributed by atoms with van der Waals surface area (Å²) >= 11 is 1.71. The van der Waals surface area contributed by atoms with E-state index in [4.69, 9.17) is 0 Å². The third kappa shape index (κ3) is 7.41. The van der Waals surface area contributed by atoms with Gasteiger partial charge in [0.2, 0.25) is 0 Å². The van der Waals surface area contributed by atoms with Gasteiger partial charge in [-0.25, -0.2) is 4.98 Å². The highest BCUT2D eigenvalue weighted by molar-refractivity contribution is 14.0. The van der Waals surface area contributed by atoms with E-state index in [0.717, 1.165) is 50.2 Å². The van der Waals surface area contributed by atoms with E-state index in [2.05, 4.69) is 91.9 Å². The van der Waals surface area contributed by atoms with Crippen molar-refractivity contribution in [1.29, 1.82) is 0 Å². The molecular formula is C25H33IN6S. The van der Waals surface area contributed by atoms with Gasteiger partial charge in [0.05, 0.1) is 6.54 Å². The van der Waals surface area contributed by atoms with Crippen molar-refractivity contribution in [2.24, 2.45) is 4.99 Å². The molecule has 0 atom stereocenters. The molecule has 33 heavy (non-hydrogen) atoms. The predicted octanol–water partition coefficient (Wildman–Crippen LogP) is 4.26. The lowest BCUT2D eigenvalue weighted by molar-refractivity contribution is 0.249. The van der Waals surface area contributed by atoms with Gasteiger partial charge in [0.1, 0.15) is 5.01 Å². The first-order valence-corrected chi connectivity index (χ1v) is 12.0. The molecule has 1 fully saturated rings. The van der Waals surface area contributed by atoms with E-state index >= 15 is 0 Å². The Morgan fingerprint density at radius 2 is 1.61 bits per heavy atom. The maximum Gasteiger partial charge on any atom is 0.191 e. The van der Waals surface area contributed by atoms with Crippen LogP contribution in [-0.2, 0) is 19.6 Å². The highest BCUT2D eigenvalue weighted by atomic mass is 127. The van der Waals surface area contributed by atoms with Crippen molar-refractivity contribution < 1.29 is 0 Å². The summed E-state index contributed by atoms with van der Waals surface area (Å²) in [5.41, 5.74) is 4.01. The van der Waals surface area contributed by atoms with E-state index in [1.54, 1.807) is 18.4 Å². The number of halogens is 1. The van der Waals surface area contributed by atoms with Crippen molar-refractivity contribution in [3.63, 3.8) is 0 Å². The van der Waals surface area contributed by atoms with Crippen LogP contribution in [0, 0.1) is 6.92 Å². The highest BCUT2D eigenvalue weighted by Gasteiger charge is 2.18. The van der Waals surface area contributed by atoms with Gasteiger partial charge >= 0.3 is 0 Å². The fourth-order valence-corrected chi connectivity index (χ4v) is 4.70. The second-order valence-electron chi connectivity index (χ2n) is 8.01. The summed E-state index contributed by atoms with van der Waals surface area (Å²) < 4.78 is 0. The molecule has 2 heterocycles. The number of hydrogen-bond donors (Lipinski definition) is 2. The standard InChI is InChI=1S/C25H32N6S.HI/c1-20-16-27-24(32-20)18-29-25(26-2)28-17-21-8-6-7-9-22(21)19-30-12-14-31(15-13-30)23-10-4-3-5-11-23;/h3-11,16H,12-15,17-19H2,1-2H3,(H2,26,28,29);1H. The van der Waals surface area contributed by atoms with Gasteiger partial charge in [-0.05, 0) is 30.2 Å². The van der Waals surface area contributed by atoms with Crippen LogP contribution in [0.1, 0.15) is 21.0 Å². The number of thiazole rings is 1. The van der Waals surface area contributed by atoms with Gasteiger partial charge in [0, 0.05) is 63.1 Å². The van der Waals surface area contributed by atoms with Gasteiger partial charge in [0.25, 0.3) is 0 Å². The van der Waals surface area contributed by atoms with Crippen molar-refractivity contribution in [3.05, 3.63) is 81.8 Å². The third-order valence-corrected chi connectivity index (χ3v) is 6.66. The Bertz CT molecular complexity index is 1010. The first kappa shape index (κ1) is 25.5. The van der Waals surface area contributed by atoms with E-state index in [1.165, 1.54) is 21.7 Å². The molecule has 1 aliphatic rings. The van der Waals surface area contributed by atoms with Gasteiger partial charge in [0.15, 0.2) is 5.96 Å². The number of aryl methyl sites for hydroxylation is 1. The van der Waals surface area contributed by atoms with Crippen molar-refractivity contribution in [2.45, 2.75) is 26.6 Å². The quantitative estimate of drug-likeness (QED) is 0.250. The lowest BCUT2D eigenvalue weighted by Gasteiger charge is -2.36. The summed E-state index contributed by atoms with van der Waals surface area (Å²) in [6.07, 6.45) is 1.91. The average Bonchev–Trinajstić information content (AvgIpc) is 3.26. The van der Waals surface area contributed by atoms with Crippen LogP contribution < -0.4 is 15.5 Å². The van der Waals surface area contributed by atoms with Crippen molar-refractivity contribution in [3.8, 4) is 0 Å². The number of guanidine groups is 1. The number of aliphatic imine (C=N–C) groups is 1. The summed E-state index contributed by atoms with van der Waals surface area (Å²) in [5, 5.41) is 7.89. The predicted molar refractivity (Wildman–Crippen MR) is 150 cm³/mol. The van der Waals surface area contributed by atoms with Crippen LogP contribution in [-0.4, -0.2) is 49.1 Å². The van der Waals surface area contributed by atoms with E-state index in [-0.39, 0.29) is 24.0 Å². The van der Waals surface area contributed by atoms with Gasteiger partial charge in [-0.1, -0.05) is 42.5 Å². The molecule has 2 aromatic carbocycles. The first-order chi connectivity index (χ1) is 15.7. The normalized spacial score (nSPS) is 14.6. The van der Waals surface area contributed by atoms with Crippen LogP contribution >= 0.6 is 35.3 Å². The summed E-state index contributed by atoms with van der Waals surface area (Å²) in [6, 6.07) is 19.4. The monoisotopic (exact) mass is 576 g/mol. The average molecular weight is 577 g/mol. The first-order valence-electron chi connectivity index (χ1n) is 11.2. The van der Waals surface area contributed by atoms with E-state index in [0.29, 0.717) is 6.54 Å². The van der Waals surface area contributed by atoms with Gasteiger partial charge in [-0.15, -0.1) is 35.3 Å². The molecule has 0 aliphatic carbocycles. The summed E-state index contributed by atoms with van der Waals surface area (Å²) in [6.45, 7) is 8.77. The number of nitrogens with one attached hydrogen (secondary N) is 2. The summed E-state index contributed by atoms with van der Waals surface area (Å²) in [5.74, 6) is 0.795. The lowest BCUT2D eigenvalue weighted by Crippen LogP contribution is -2.46. The molecule has 4 rings (SSSR count). The second-order valence-corrected chi connectivity index (χ2v) is 9.33. The summed E-state index contributed by atoms with van der Waals surface area (Å²) in [7, 11) is 1.81. The Labute approximate surface area is 218 Å². The van der Waals surface area contributed by atoms with Crippen LogP contribution in [0.5, 0.6) is 0 Å². The Hall–Kier alpha value is -2.17. The van der Waals surface area contributed by atoms with Crippen molar-refractivity contribution >= 4 is 47.0 Å². The molecule has 1 saturated heterocycles. The molecule has 176 valence electrons. The molecule has 0 radical (unpaired) electrons. The largest absolute Gasteiger partial charge is 0.369 e. The molecule has 1 aliphatic heterocycles. The maximum atomic E-state index is 4.41. The van der Waals surface area contributed by atoms with Crippen LogP contribution in [0.25, 0.3) is 0 Å². The fourth-order valence-electron chi connectivity index (χ4n) is 3.97. The number of piperazine rings is 1. The van der Waals surface area contributed by atoms with Crippen LogP contribution in [0.4, 0.5) is 5.69 Å². The molecule has 0 unspecified atom stereocenters. The number of hydrogen-bond acceptors (Lipinski definition) is 5. The lowest BCUT2D eigenvalue weighted by atomic mass is 10.1. The molecule has 6 nitrogen and oxygen atoms in total. The molecule has 8 heteroatoms. The third-order valence-electron chi connectivity index (χ3n) is 5.75. The minimum Gasteiger partial charge on any atom is -0.369 e. The van der Waals surface area contributed by atoms with E-state index in [1.807, 2.05) is 6.20 Å². The Balaban J connectivity index is 0.00000306. The topological polar surface area (TPSA) is 55.8 Å². The molecule has 3 aromatic rings. The molecular weight excluding hydrogens is 543 g/mol. The molecule has 2 N–H and O–H groups in total. The van der Waals surface area contributed by atoms with E-state index in [9.17, 15) is 0 Å². The molecule has 0 saturated carbocycles. The highest BCUT2D eigenvalue weighted by Crippen LogP contribution is 2.18. The molecule has 0 bridgehead atoms. The Kier molecular flexibility index (Phi) is 9.95. The SMILES string of the molecule is CN=C(NCc1ncc(C)s1)NCc1ccccc1CN1CCN(c2ccccc2)CC1.I. The zero-order valence-corrected chi connectivity index (χ0v) is 22.5. The number of rotatable bonds is 7. The fraction of sp³-hybridized carbons (Fsp3) is 0.360. The Morgan fingerprint density at radius 3 is 2.27 bits per heavy atom. The zero-order valence-electron chi connectivity index (χ0n) is 19.3. The second kappa shape index (κ2) is 12.9. The summed E-state index contributed by atoms with van der Waals surface area (Å²) in [4.78, 5) is 15.0. The van der Waals surface area contributed by atoms with Crippen molar-refractivity contribution in [2.75, 3.05) is 38.1 Å². The van der Waals surface area contributed by atoms with Gasteiger partial charge in [-0.3, -0.25) is 9.89 Å². The molecule has 0 spiro atoms. The molecule has 0 amide bonds. The zero-order chi connectivity index (χ0) is 22.2. The van der Waals surface area contributed by atoms with E-state index < -0.39 is 0 Å². The maximum absolute atomic E-state index is 4.41. The van der Waals surface area contributed by atoms with Gasteiger partial charge in [-0.2, -0.15) is 0 Å². The smallest absolute Gasteiger partial charge is 0.191 e. The minimum absolute atomic E-state index is 0. The number of anilines is 1. The number of nitrogens with zero attached hydrogens (tertiary/aromatic N) is 4. The number of benzene rings is 2. The Morgan fingerprint density at radius 1 is 0.939 bits per heavy atom. The van der Waals surface area contributed by atoms with Crippen LogP contribution in [0.2, 0.25) is 0 Å². The molecule has 1 aromatic heterocycles. The van der Waals surface area contributed by atoms with Crippen molar-refractivity contribution in [1.82, 2.24) is 20.5 Å². The van der Waals surface area contributed by atoms with Crippen LogP contribution in [0.3, 0.4) is 0 Å². The number of para-hydroxylation sites is 1. The minimum atomic E-state index is 0. The van der Waals surface area contributed by atoms with Gasteiger partial charge < -0.3 is 15.5 Å². The van der Waals surface area contributed by atoms with Crippen LogP contribution in [0.15, 0.2) is 65.8 Å².